The third-order valence-electron chi connectivity index (χ3n) is 7.15. The molecular weight excluding hydrogens is 513 g/mol. The first-order chi connectivity index (χ1) is 17.4. The van der Waals surface area contributed by atoms with Crippen LogP contribution in [0.15, 0.2) is 54.6 Å². The number of hydrogen-bond acceptors (Lipinski definition) is 6. The van der Waals surface area contributed by atoms with Crippen LogP contribution in [-0.4, -0.2) is 59.2 Å². The van der Waals surface area contributed by atoms with Gasteiger partial charge in [-0.3, -0.25) is 19.9 Å². The molecule has 1 fully saturated rings. The molecule has 9 heteroatoms. The Morgan fingerprint density at radius 2 is 1.78 bits per heavy atom. The molecule has 0 radical (unpaired) electrons. The summed E-state index contributed by atoms with van der Waals surface area (Å²) in [6.07, 6.45) is 2.47. The highest BCUT2D eigenvalue weighted by molar-refractivity contribution is 6.37. The number of aliphatic hydroxyl groups excluding tert-OH is 1. The summed E-state index contributed by atoms with van der Waals surface area (Å²) < 4.78 is 5.33. The molecular formula is C28H35Cl2N3O4. The highest BCUT2D eigenvalue weighted by atomic mass is 35.5. The van der Waals surface area contributed by atoms with Crippen molar-refractivity contribution < 1.29 is 14.8 Å². The quantitative estimate of drug-likeness (QED) is 0.239. The molecule has 3 aromatic carbocycles. The van der Waals surface area contributed by atoms with Gasteiger partial charge in [0.25, 0.3) is 5.69 Å². The van der Waals surface area contributed by atoms with Crippen molar-refractivity contribution in [1.82, 2.24) is 9.80 Å². The van der Waals surface area contributed by atoms with Gasteiger partial charge in [-0.1, -0.05) is 61.7 Å². The molecule has 0 aromatic heterocycles. The largest absolute Gasteiger partial charge is 0.495 e. The number of piperazine rings is 1. The Balaban J connectivity index is 0.00000380. The lowest BCUT2D eigenvalue weighted by molar-refractivity contribution is -0.384. The molecule has 2 unspecified atom stereocenters. The van der Waals surface area contributed by atoms with Crippen molar-refractivity contribution in [2.45, 2.75) is 44.9 Å². The van der Waals surface area contributed by atoms with Crippen LogP contribution in [0.3, 0.4) is 0 Å². The number of methoxy groups -OCH3 is 1. The average Bonchev–Trinajstić information content (AvgIpc) is 2.90. The van der Waals surface area contributed by atoms with Gasteiger partial charge in [0.05, 0.1) is 23.2 Å². The molecule has 0 saturated carbocycles. The Morgan fingerprint density at radius 3 is 2.41 bits per heavy atom. The maximum Gasteiger partial charge on any atom is 0.269 e. The van der Waals surface area contributed by atoms with Gasteiger partial charge in [-0.05, 0) is 35.1 Å². The zero-order valence-corrected chi connectivity index (χ0v) is 22.9. The highest BCUT2D eigenvalue weighted by Crippen LogP contribution is 2.35. The minimum atomic E-state index is -0.594. The topological polar surface area (TPSA) is 79.1 Å². The molecule has 7 nitrogen and oxygen atoms in total. The molecule has 1 N–H and O–H groups in total. The molecule has 2 atom stereocenters. The van der Waals surface area contributed by atoms with E-state index in [2.05, 4.69) is 16.7 Å². The molecule has 1 heterocycles. The number of hydrogen-bond donors (Lipinski definition) is 1. The van der Waals surface area contributed by atoms with E-state index >= 15 is 0 Å². The van der Waals surface area contributed by atoms with Crippen molar-refractivity contribution in [1.29, 1.82) is 0 Å². The Hall–Kier alpha value is -2.42. The number of aliphatic hydroxyl groups is 1. The second kappa shape index (κ2) is 13.4. The predicted octanol–water partition coefficient (Wildman–Crippen LogP) is 6.24. The van der Waals surface area contributed by atoms with Gasteiger partial charge in [0.15, 0.2) is 0 Å². The van der Waals surface area contributed by atoms with Crippen LogP contribution in [0.1, 0.15) is 43.4 Å². The van der Waals surface area contributed by atoms with E-state index in [4.69, 9.17) is 16.3 Å². The molecule has 1 aliphatic heterocycles. The summed E-state index contributed by atoms with van der Waals surface area (Å²) in [5.74, 6) is 0.643. The van der Waals surface area contributed by atoms with Gasteiger partial charge in [-0.15, -0.1) is 12.4 Å². The van der Waals surface area contributed by atoms with Gasteiger partial charge in [-0.2, -0.15) is 0 Å². The summed E-state index contributed by atoms with van der Waals surface area (Å²) in [5.41, 5.74) is 2.09. The van der Waals surface area contributed by atoms with E-state index in [0.717, 1.165) is 73.9 Å². The molecule has 0 aliphatic carbocycles. The fraction of sp³-hybridized carbons (Fsp3) is 0.429. The molecule has 200 valence electrons. The summed E-state index contributed by atoms with van der Waals surface area (Å²) in [4.78, 5) is 15.3. The summed E-state index contributed by atoms with van der Waals surface area (Å²) in [6.45, 7) is 6.46. The van der Waals surface area contributed by atoms with E-state index in [1.54, 1.807) is 19.2 Å². The van der Waals surface area contributed by atoms with Crippen LogP contribution in [0, 0.1) is 10.1 Å². The maximum atomic E-state index is 11.5. The van der Waals surface area contributed by atoms with E-state index in [-0.39, 0.29) is 29.1 Å². The van der Waals surface area contributed by atoms with Crippen LogP contribution < -0.4 is 4.74 Å². The number of fused-ring (bicyclic) bond motifs is 1. The van der Waals surface area contributed by atoms with Crippen molar-refractivity contribution in [3.63, 3.8) is 0 Å². The van der Waals surface area contributed by atoms with Crippen LogP contribution in [0.2, 0.25) is 5.02 Å². The van der Waals surface area contributed by atoms with Crippen molar-refractivity contribution >= 4 is 40.5 Å². The predicted molar refractivity (Wildman–Crippen MR) is 151 cm³/mol. The Morgan fingerprint density at radius 1 is 1.08 bits per heavy atom. The van der Waals surface area contributed by atoms with Crippen molar-refractivity contribution in [2.24, 2.45) is 0 Å². The first-order valence-electron chi connectivity index (χ1n) is 12.5. The van der Waals surface area contributed by atoms with Crippen LogP contribution in [0.5, 0.6) is 5.75 Å². The first-order valence-corrected chi connectivity index (χ1v) is 12.9. The standard InChI is InChI=1S/C28H34ClN3O4.ClH/c1-3-4-5-25(28(33)22-8-12-24-21(18-22)9-13-26(36-2)27(24)29)31-16-14-30(15-17-31)19-20-6-10-23(11-7-20)32(34)35;/h6-13,18,25,28,33H,3-5,14-17,19H2,1-2H3;1H. The smallest absolute Gasteiger partial charge is 0.269 e. The summed E-state index contributed by atoms with van der Waals surface area (Å²) >= 11 is 6.49. The molecule has 0 spiro atoms. The van der Waals surface area contributed by atoms with E-state index < -0.39 is 6.10 Å². The lowest BCUT2D eigenvalue weighted by atomic mass is 9.94. The lowest BCUT2D eigenvalue weighted by Gasteiger charge is -2.41. The van der Waals surface area contributed by atoms with E-state index in [9.17, 15) is 15.2 Å². The molecule has 0 bridgehead atoms. The molecule has 3 aromatic rings. The number of ether oxygens (including phenoxy) is 1. The minimum Gasteiger partial charge on any atom is -0.495 e. The third-order valence-corrected chi connectivity index (χ3v) is 7.54. The lowest BCUT2D eigenvalue weighted by Crippen LogP contribution is -2.51. The number of halogens is 2. The number of nitrogens with zero attached hydrogens (tertiary/aromatic N) is 3. The molecule has 1 aliphatic rings. The Kier molecular flexibility index (Phi) is 10.6. The zero-order valence-electron chi connectivity index (χ0n) is 21.3. The minimum absolute atomic E-state index is 0. The highest BCUT2D eigenvalue weighted by Gasteiger charge is 2.30. The van der Waals surface area contributed by atoms with Crippen LogP contribution in [0.4, 0.5) is 5.69 Å². The Labute approximate surface area is 229 Å². The second-order valence-corrected chi connectivity index (χ2v) is 9.83. The van der Waals surface area contributed by atoms with E-state index in [0.29, 0.717) is 10.8 Å². The second-order valence-electron chi connectivity index (χ2n) is 9.45. The number of non-ortho nitro benzene ring substituents is 1. The number of nitro groups is 1. The SMILES string of the molecule is CCCCC(C(O)c1ccc2c(Cl)c(OC)ccc2c1)N1CCN(Cc2ccc([N+](=O)[O-])cc2)CC1.Cl. The Bertz CT molecular complexity index is 1180. The fourth-order valence-electron chi connectivity index (χ4n) is 5.04. The van der Waals surface area contributed by atoms with Crippen LogP contribution >= 0.6 is 24.0 Å². The number of rotatable bonds is 10. The first kappa shape index (κ1) is 29.1. The molecule has 4 rings (SSSR count). The number of nitro benzene ring substituents is 1. The molecule has 0 amide bonds. The monoisotopic (exact) mass is 547 g/mol. The summed E-state index contributed by atoms with van der Waals surface area (Å²) in [6, 6.07) is 16.7. The van der Waals surface area contributed by atoms with E-state index in [1.807, 2.05) is 42.5 Å². The average molecular weight is 549 g/mol. The molecule has 1 saturated heterocycles. The third kappa shape index (κ3) is 6.92. The normalized spacial score (nSPS) is 16.2. The van der Waals surface area contributed by atoms with Gasteiger partial charge in [0, 0.05) is 56.3 Å². The summed E-state index contributed by atoms with van der Waals surface area (Å²) in [7, 11) is 1.61. The van der Waals surface area contributed by atoms with Crippen molar-refractivity contribution in [2.75, 3.05) is 33.3 Å². The van der Waals surface area contributed by atoms with Crippen LogP contribution in [0.25, 0.3) is 10.8 Å². The van der Waals surface area contributed by atoms with Gasteiger partial charge >= 0.3 is 0 Å². The zero-order chi connectivity index (χ0) is 25.7. The van der Waals surface area contributed by atoms with Crippen molar-refractivity contribution in [3.8, 4) is 5.75 Å². The number of benzene rings is 3. The number of unbranched alkanes of at least 4 members (excludes halogenated alkanes) is 1. The fourth-order valence-corrected chi connectivity index (χ4v) is 5.35. The van der Waals surface area contributed by atoms with Gasteiger partial charge < -0.3 is 9.84 Å². The van der Waals surface area contributed by atoms with Crippen LogP contribution in [-0.2, 0) is 6.54 Å². The van der Waals surface area contributed by atoms with Crippen molar-refractivity contribution in [3.05, 3.63) is 80.9 Å². The maximum absolute atomic E-state index is 11.5. The van der Waals surface area contributed by atoms with E-state index in [1.165, 1.54) is 0 Å². The van der Waals surface area contributed by atoms with Gasteiger partial charge in [0.1, 0.15) is 5.75 Å². The van der Waals surface area contributed by atoms with Gasteiger partial charge in [-0.25, -0.2) is 0 Å². The summed E-state index contributed by atoms with van der Waals surface area (Å²) in [5, 5.41) is 24.9. The van der Waals surface area contributed by atoms with Gasteiger partial charge in [0.2, 0.25) is 0 Å². The molecule has 37 heavy (non-hydrogen) atoms.